The summed E-state index contributed by atoms with van der Waals surface area (Å²) < 4.78 is 8.57. The Kier molecular flexibility index (Phi) is 7.13. The van der Waals surface area contributed by atoms with E-state index >= 15 is 0 Å². The molecule has 8 heteroatoms. The largest absolute Gasteiger partial charge is 0.379 e. The molecule has 0 bridgehead atoms. The Bertz CT molecular complexity index is 1500. The third-order valence-corrected chi connectivity index (χ3v) is 7.58. The second-order valence-electron chi connectivity index (χ2n) is 10.4. The summed E-state index contributed by atoms with van der Waals surface area (Å²) in [6.45, 7) is 7.54. The van der Waals surface area contributed by atoms with Crippen molar-refractivity contribution in [3.8, 4) is 0 Å². The molecule has 0 unspecified atom stereocenters. The van der Waals surface area contributed by atoms with E-state index in [-0.39, 0.29) is 11.6 Å². The van der Waals surface area contributed by atoms with E-state index in [1.807, 2.05) is 11.1 Å². The summed E-state index contributed by atoms with van der Waals surface area (Å²) in [4.78, 5) is 15.6. The number of rotatable bonds is 7. The van der Waals surface area contributed by atoms with Crippen molar-refractivity contribution in [3.05, 3.63) is 117 Å². The quantitative estimate of drug-likeness (QED) is 0.370. The molecule has 6 rings (SSSR count). The number of ether oxygens (including phenoxy) is 1. The van der Waals surface area contributed by atoms with Gasteiger partial charge in [-0.05, 0) is 29.2 Å². The van der Waals surface area contributed by atoms with Gasteiger partial charge in [0, 0.05) is 32.6 Å². The Morgan fingerprint density at radius 2 is 1.54 bits per heavy atom. The molecule has 0 N–H and O–H groups in total. The Labute approximate surface area is 228 Å². The fourth-order valence-electron chi connectivity index (χ4n) is 5.30. The summed E-state index contributed by atoms with van der Waals surface area (Å²) in [5.74, 6) is 0.625. The highest BCUT2D eigenvalue weighted by Gasteiger charge is 2.32. The Morgan fingerprint density at radius 1 is 0.872 bits per heavy atom. The summed E-state index contributed by atoms with van der Waals surface area (Å²) in [5.41, 5.74) is 6.62. The van der Waals surface area contributed by atoms with Crippen molar-refractivity contribution < 1.29 is 4.74 Å². The van der Waals surface area contributed by atoms with Gasteiger partial charge in [0.1, 0.15) is 0 Å². The number of aromatic nitrogens is 3. The predicted molar refractivity (Wildman–Crippen MR) is 153 cm³/mol. The lowest BCUT2D eigenvalue weighted by atomic mass is 9.90. The van der Waals surface area contributed by atoms with Gasteiger partial charge in [-0.15, -0.1) is 5.10 Å². The second-order valence-corrected chi connectivity index (χ2v) is 10.4. The van der Waals surface area contributed by atoms with Gasteiger partial charge < -0.3 is 4.74 Å². The zero-order valence-electron chi connectivity index (χ0n) is 22.5. The van der Waals surface area contributed by atoms with E-state index in [1.165, 1.54) is 21.4 Å². The molecule has 8 nitrogen and oxygen atoms in total. The first-order valence-corrected chi connectivity index (χ1v) is 13.5. The van der Waals surface area contributed by atoms with Crippen molar-refractivity contribution in [1.29, 1.82) is 0 Å². The summed E-state index contributed by atoms with van der Waals surface area (Å²) in [6.07, 6.45) is 0. The summed E-state index contributed by atoms with van der Waals surface area (Å²) in [5, 5.41) is 11.6. The van der Waals surface area contributed by atoms with Crippen LogP contribution in [0.1, 0.15) is 33.7 Å². The molecule has 4 aromatic rings. The molecule has 200 valence electrons. The summed E-state index contributed by atoms with van der Waals surface area (Å²) >= 11 is 0. The van der Waals surface area contributed by atoms with Gasteiger partial charge in [-0.1, -0.05) is 84.4 Å². The van der Waals surface area contributed by atoms with Crippen LogP contribution < -0.4 is 10.7 Å². The maximum Gasteiger partial charge on any atom is 0.347 e. The second kappa shape index (κ2) is 11.0. The van der Waals surface area contributed by atoms with Crippen LogP contribution in [0.15, 0.2) is 88.8 Å². The Hall–Kier alpha value is -4.01. The molecule has 39 heavy (non-hydrogen) atoms. The molecule has 1 saturated heterocycles. The average Bonchev–Trinajstić information content (AvgIpc) is 3.53. The topological polar surface area (TPSA) is 67.9 Å². The Balaban J connectivity index is 1.24. The average molecular weight is 523 g/mol. The highest BCUT2D eigenvalue weighted by molar-refractivity contribution is 6.07. The number of benzene rings is 3. The highest BCUT2D eigenvalue weighted by Crippen LogP contribution is 2.31. The molecule has 0 aliphatic carbocycles. The molecule has 2 aliphatic rings. The van der Waals surface area contributed by atoms with Crippen LogP contribution in [0.5, 0.6) is 0 Å². The fraction of sp³-hybridized carbons (Fsp3) is 0.323. The lowest BCUT2D eigenvalue weighted by molar-refractivity contribution is 0.0342. The van der Waals surface area contributed by atoms with E-state index in [1.54, 1.807) is 11.6 Å². The van der Waals surface area contributed by atoms with Crippen LogP contribution >= 0.6 is 0 Å². The van der Waals surface area contributed by atoms with E-state index in [2.05, 4.69) is 84.6 Å². The predicted octanol–water partition coefficient (Wildman–Crippen LogP) is 3.78. The van der Waals surface area contributed by atoms with Gasteiger partial charge >= 0.3 is 5.69 Å². The van der Waals surface area contributed by atoms with Gasteiger partial charge in [-0.2, -0.15) is 5.10 Å². The minimum Gasteiger partial charge on any atom is -0.379 e. The number of hydrogen-bond acceptors (Lipinski definition) is 6. The van der Waals surface area contributed by atoms with E-state index in [0.29, 0.717) is 19.0 Å². The molecule has 0 radical (unpaired) electrons. The van der Waals surface area contributed by atoms with Crippen LogP contribution in [0.25, 0.3) is 0 Å². The monoisotopic (exact) mass is 522 g/mol. The lowest BCUT2D eigenvalue weighted by Gasteiger charge is -2.26. The van der Waals surface area contributed by atoms with Crippen molar-refractivity contribution in [3.63, 3.8) is 0 Å². The first kappa shape index (κ1) is 25.3. The smallest absolute Gasteiger partial charge is 0.347 e. The zero-order chi connectivity index (χ0) is 26.8. The maximum atomic E-state index is 13.2. The summed E-state index contributed by atoms with van der Waals surface area (Å²) in [7, 11) is 1.77. The molecular weight excluding hydrogens is 488 g/mol. The van der Waals surface area contributed by atoms with Crippen LogP contribution in [0, 0.1) is 6.92 Å². The molecule has 1 aromatic heterocycles. The van der Waals surface area contributed by atoms with Crippen molar-refractivity contribution in [2.75, 3.05) is 37.9 Å². The molecule has 1 atom stereocenters. The fourth-order valence-corrected chi connectivity index (χ4v) is 5.30. The van der Waals surface area contributed by atoms with Gasteiger partial charge in [0.05, 0.1) is 32.0 Å². The van der Waals surface area contributed by atoms with Gasteiger partial charge in [0.2, 0.25) is 5.95 Å². The Morgan fingerprint density at radius 3 is 2.23 bits per heavy atom. The number of morpholine rings is 1. The third kappa shape index (κ3) is 5.44. The maximum absolute atomic E-state index is 13.2. The van der Waals surface area contributed by atoms with E-state index in [4.69, 9.17) is 14.9 Å². The highest BCUT2D eigenvalue weighted by atomic mass is 16.5. The van der Waals surface area contributed by atoms with Crippen LogP contribution in [0.2, 0.25) is 0 Å². The SMILES string of the molecule is Cc1ccc(C2=NN(c3nn(Cc4ccc(CN5CCOCC5)cc4)c(=O)n3C)C[C@H]2c2ccccc2)cc1. The zero-order valence-corrected chi connectivity index (χ0v) is 22.5. The molecule has 3 aromatic carbocycles. The molecule has 1 fully saturated rings. The normalized spacial score (nSPS) is 17.9. The van der Waals surface area contributed by atoms with Crippen LogP contribution in [-0.2, 0) is 24.9 Å². The number of aryl methyl sites for hydroxylation is 1. The van der Waals surface area contributed by atoms with Crippen molar-refractivity contribution in [2.45, 2.75) is 25.9 Å². The number of hydrogen-bond donors (Lipinski definition) is 0. The van der Waals surface area contributed by atoms with E-state index in [0.717, 1.165) is 49.7 Å². The van der Waals surface area contributed by atoms with Gasteiger partial charge in [-0.25, -0.2) is 14.5 Å². The molecule has 0 spiro atoms. The molecular formula is C31H34N6O2. The summed E-state index contributed by atoms with van der Waals surface area (Å²) in [6, 6.07) is 27.3. The minimum absolute atomic E-state index is 0.0770. The minimum atomic E-state index is -0.155. The van der Waals surface area contributed by atoms with Crippen LogP contribution in [0.3, 0.4) is 0 Å². The molecule has 0 saturated carbocycles. The van der Waals surface area contributed by atoms with E-state index < -0.39 is 0 Å². The number of nitrogens with zero attached hydrogens (tertiary/aromatic N) is 6. The standard InChI is InChI=1S/C31H34N6O2/c1-23-8-14-27(15-9-23)29-28(26-6-4-3-5-7-26)22-36(32-29)30-33-37(31(38)34(30)2)21-25-12-10-24(11-13-25)20-35-16-18-39-19-17-35/h3-15,28H,16-22H2,1-2H3/t28-/m0/s1. The van der Waals surface area contributed by atoms with Crippen molar-refractivity contribution in [1.82, 2.24) is 19.2 Å². The number of anilines is 1. The molecule has 2 aliphatic heterocycles. The molecule has 0 amide bonds. The van der Waals surface area contributed by atoms with Crippen LogP contribution in [-0.4, -0.2) is 57.8 Å². The van der Waals surface area contributed by atoms with Gasteiger partial charge in [0.15, 0.2) is 0 Å². The van der Waals surface area contributed by atoms with E-state index in [9.17, 15) is 4.79 Å². The first-order chi connectivity index (χ1) is 19.0. The van der Waals surface area contributed by atoms with Gasteiger partial charge in [-0.3, -0.25) is 9.47 Å². The van der Waals surface area contributed by atoms with Gasteiger partial charge in [0.25, 0.3) is 0 Å². The first-order valence-electron chi connectivity index (χ1n) is 13.5. The number of hydrazone groups is 1. The van der Waals surface area contributed by atoms with Crippen molar-refractivity contribution in [2.24, 2.45) is 12.1 Å². The third-order valence-electron chi connectivity index (χ3n) is 7.58. The van der Waals surface area contributed by atoms with Crippen LogP contribution in [0.4, 0.5) is 5.95 Å². The van der Waals surface area contributed by atoms with Crippen molar-refractivity contribution >= 4 is 11.7 Å². The molecule has 3 heterocycles. The lowest BCUT2D eigenvalue weighted by Crippen LogP contribution is -2.35.